The van der Waals surface area contributed by atoms with Crippen LogP contribution in [0.3, 0.4) is 0 Å². The normalized spacial score (nSPS) is 23.9. The molecule has 0 aromatic heterocycles. The van der Waals surface area contributed by atoms with Crippen LogP contribution in [0.15, 0.2) is 18.2 Å². The zero-order valence-corrected chi connectivity index (χ0v) is 18.2. The van der Waals surface area contributed by atoms with E-state index in [1.807, 2.05) is 6.07 Å². The first kappa shape index (κ1) is 20.8. The molecule has 1 saturated carbocycles. The second-order valence-electron chi connectivity index (χ2n) is 8.32. The number of nitrogens with zero attached hydrogens (tertiary/aromatic N) is 3. The highest BCUT2D eigenvalue weighted by Crippen LogP contribution is 2.47. The van der Waals surface area contributed by atoms with Crippen molar-refractivity contribution in [3.63, 3.8) is 0 Å². The van der Waals surface area contributed by atoms with Gasteiger partial charge in [0, 0.05) is 63.9 Å². The molecule has 31 heavy (non-hydrogen) atoms. The predicted molar refractivity (Wildman–Crippen MR) is 112 cm³/mol. The summed E-state index contributed by atoms with van der Waals surface area (Å²) >= 11 is 0. The molecular weight excluding hydrogens is 424 g/mol. The molecule has 3 aliphatic heterocycles. The molecule has 3 heterocycles. The van der Waals surface area contributed by atoms with Crippen molar-refractivity contribution in [2.24, 2.45) is 0 Å². The number of anilines is 1. The first-order valence-electron chi connectivity index (χ1n) is 10.9. The summed E-state index contributed by atoms with van der Waals surface area (Å²) in [6.45, 7) is 2.79. The number of piperazine rings is 1. The number of urea groups is 1. The third-order valence-electron chi connectivity index (χ3n) is 6.30. The van der Waals surface area contributed by atoms with Crippen LogP contribution in [-0.4, -0.2) is 86.2 Å². The summed E-state index contributed by atoms with van der Waals surface area (Å²) in [5.74, 6) is 0.829. The molecule has 10 nitrogen and oxygen atoms in total. The highest BCUT2D eigenvalue weighted by Gasteiger charge is 2.44. The van der Waals surface area contributed by atoms with E-state index in [1.54, 1.807) is 17.0 Å². The molecule has 1 spiro atoms. The summed E-state index contributed by atoms with van der Waals surface area (Å²) in [7, 11) is -3.51. The number of hydrogen-bond acceptors (Lipinski definition) is 6. The van der Waals surface area contributed by atoms with Crippen LogP contribution in [0.25, 0.3) is 0 Å². The summed E-state index contributed by atoms with van der Waals surface area (Å²) in [6.07, 6.45) is 3.93. The van der Waals surface area contributed by atoms with Gasteiger partial charge >= 0.3 is 6.03 Å². The molecule has 3 fully saturated rings. The maximum Gasteiger partial charge on any atom is 0.321 e. The minimum Gasteiger partial charge on any atom is -0.448 e. The van der Waals surface area contributed by atoms with Gasteiger partial charge in [-0.2, -0.15) is 17.0 Å². The smallest absolute Gasteiger partial charge is 0.321 e. The Balaban J connectivity index is 1.17. The fourth-order valence-corrected chi connectivity index (χ4v) is 6.12. The first-order chi connectivity index (χ1) is 15.0. The largest absolute Gasteiger partial charge is 0.448 e. The fourth-order valence-electron chi connectivity index (χ4n) is 4.55. The van der Waals surface area contributed by atoms with E-state index in [9.17, 15) is 13.2 Å². The number of hydrogen-bond donors (Lipinski definition) is 1. The lowest BCUT2D eigenvalue weighted by atomic mass is 10.2. The van der Waals surface area contributed by atoms with Gasteiger partial charge in [0.25, 0.3) is 16.0 Å². The number of nitrogens with one attached hydrogen (secondary N) is 1. The minimum absolute atomic E-state index is 0.252. The third-order valence-corrected chi connectivity index (χ3v) is 8.34. The molecular formula is C20H28N4O6S. The number of benzene rings is 1. The second kappa shape index (κ2) is 8.12. The standard InChI is InChI=1S/C20H28N4O6S/c25-19(21-16-3-4-17-18(15-16)30-20(29-17)5-1-2-6-20)22-7-9-23(10-8-22)31(26,27)24-11-13-28-14-12-24/h3-4,15H,1-2,5-14H2,(H,21,25). The molecule has 2 amide bonds. The number of ether oxygens (including phenoxy) is 3. The molecule has 0 unspecified atom stereocenters. The van der Waals surface area contributed by atoms with E-state index in [0.717, 1.165) is 25.7 Å². The number of carbonyl (C=O) groups excluding carboxylic acids is 1. The van der Waals surface area contributed by atoms with Gasteiger partial charge < -0.3 is 24.4 Å². The second-order valence-corrected chi connectivity index (χ2v) is 10.2. The average Bonchev–Trinajstić information content (AvgIpc) is 3.39. The van der Waals surface area contributed by atoms with E-state index in [1.165, 1.54) is 8.61 Å². The Morgan fingerprint density at radius 1 is 0.903 bits per heavy atom. The Morgan fingerprint density at radius 3 is 2.26 bits per heavy atom. The molecule has 2 saturated heterocycles. The van der Waals surface area contributed by atoms with Gasteiger partial charge in [-0.15, -0.1) is 0 Å². The topological polar surface area (TPSA) is 101 Å². The zero-order chi connectivity index (χ0) is 21.5. The molecule has 1 aromatic rings. The van der Waals surface area contributed by atoms with Crippen LogP contribution >= 0.6 is 0 Å². The van der Waals surface area contributed by atoms with Crippen LogP contribution in [-0.2, 0) is 14.9 Å². The maximum absolute atomic E-state index is 12.8. The predicted octanol–water partition coefficient (Wildman–Crippen LogP) is 1.45. The summed E-state index contributed by atoms with van der Waals surface area (Å²) in [4.78, 5) is 14.4. The molecule has 1 aromatic carbocycles. The number of fused-ring (bicyclic) bond motifs is 1. The van der Waals surface area contributed by atoms with E-state index >= 15 is 0 Å². The van der Waals surface area contributed by atoms with Crippen LogP contribution in [0.4, 0.5) is 10.5 Å². The molecule has 11 heteroatoms. The van der Waals surface area contributed by atoms with Crippen LogP contribution in [0.2, 0.25) is 0 Å². The Kier molecular flexibility index (Phi) is 5.45. The molecule has 170 valence electrons. The number of morpholine rings is 1. The highest BCUT2D eigenvalue weighted by molar-refractivity contribution is 7.86. The van der Waals surface area contributed by atoms with Gasteiger partial charge in [-0.1, -0.05) is 0 Å². The van der Waals surface area contributed by atoms with Crippen molar-refractivity contribution >= 4 is 21.9 Å². The van der Waals surface area contributed by atoms with Crippen molar-refractivity contribution in [2.75, 3.05) is 57.8 Å². The molecule has 0 atom stereocenters. The Bertz CT molecular complexity index is 935. The molecule has 0 bridgehead atoms. The minimum atomic E-state index is -3.51. The van der Waals surface area contributed by atoms with E-state index in [0.29, 0.717) is 56.6 Å². The van der Waals surface area contributed by atoms with Crippen molar-refractivity contribution in [1.82, 2.24) is 13.5 Å². The SMILES string of the molecule is O=C(Nc1ccc2c(c1)OC1(CCCC1)O2)N1CCN(S(=O)(=O)N2CCOCC2)CC1. The van der Waals surface area contributed by atoms with E-state index < -0.39 is 16.0 Å². The zero-order valence-electron chi connectivity index (χ0n) is 17.4. The molecule has 1 N–H and O–H groups in total. The van der Waals surface area contributed by atoms with Crippen molar-refractivity contribution in [3.8, 4) is 11.5 Å². The summed E-state index contributed by atoms with van der Waals surface area (Å²) in [5, 5.41) is 2.89. The maximum atomic E-state index is 12.8. The van der Waals surface area contributed by atoms with Gasteiger partial charge in [0.1, 0.15) is 0 Å². The van der Waals surface area contributed by atoms with Crippen molar-refractivity contribution in [3.05, 3.63) is 18.2 Å². The lowest BCUT2D eigenvalue weighted by Crippen LogP contribution is -2.56. The van der Waals surface area contributed by atoms with Crippen LogP contribution in [0, 0.1) is 0 Å². The Hall–Kier alpha value is -2.08. The number of rotatable bonds is 3. The molecule has 5 rings (SSSR count). The molecule has 1 aliphatic carbocycles. The van der Waals surface area contributed by atoms with Crippen molar-refractivity contribution in [1.29, 1.82) is 0 Å². The van der Waals surface area contributed by atoms with Crippen molar-refractivity contribution < 1.29 is 27.4 Å². The lowest BCUT2D eigenvalue weighted by molar-refractivity contribution is -0.0716. The summed E-state index contributed by atoms with van der Waals surface area (Å²) in [5.41, 5.74) is 0.630. The Morgan fingerprint density at radius 2 is 1.55 bits per heavy atom. The number of amides is 2. The van der Waals surface area contributed by atoms with Gasteiger partial charge in [0.05, 0.1) is 13.2 Å². The van der Waals surface area contributed by atoms with Crippen LogP contribution in [0.5, 0.6) is 11.5 Å². The van der Waals surface area contributed by atoms with Gasteiger partial charge in [0.15, 0.2) is 11.5 Å². The van der Waals surface area contributed by atoms with Crippen LogP contribution < -0.4 is 14.8 Å². The summed E-state index contributed by atoms with van der Waals surface area (Å²) in [6, 6.07) is 5.16. The quantitative estimate of drug-likeness (QED) is 0.745. The first-order valence-corrected chi connectivity index (χ1v) is 12.3. The van der Waals surface area contributed by atoms with Crippen LogP contribution in [0.1, 0.15) is 25.7 Å². The molecule has 4 aliphatic rings. The van der Waals surface area contributed by atoms with Gasteiger partial charge in [-0.3, -0.25) is 0 Å². The molecule has 0 radical (unpaired) electrons. The van der Waals surface area contributed by atoms with Gasteiger partial charge in [-0.25, -0.2) is 4.79 Å². The Labute approximate surface area is 182 Å². The monoisotopic (exact) mass is 452 g/mol. The van der Waals surface area contributed by atoms with Crippen molar-refractivity contribution in [2.45, 2.75) is 31.5 Å². The van der Waals surface area contributed by atoms with E-state index in [-0.39, 0.29) is 19.1 Å². The third kappa shape index (κ3) is 4.07. The summed E-state index contributed by atoms with van der Waals surface area (Å²) < 4.78 is 45.8. The van der Waals surface area contributed by atoms with E-state index in [4.69, 9.17) is 14.2 Å². The average molecular weight is 453 g/mol. The number of carbonyl (C=O) groups is 1. The van der Waals surface area contributed by atoms with Gasteiger partial charge in [-0.05, 0) is 25.0 Å². The van der Waals surface area contributed by atoms with E-state index in [2.05, 4.69) is 5.32 Å². The lowest BCUT2D eigenvalue weighted by Gasteiger charge is -2.37. The highest BCUT2D eigenvalue weighted by atomic mass is 32.2. The fraction of sp³-hybridized carbons (Fsp3) is 0.650. The van der Waals surface area contributed by atoms with Gasteiger partial charge in [0.2, 0.25) is 0 Å².